The lowest BCUT2D eigenvalue weighted by atomic mass is 9.81. The van der Waals surface area contributed by atoms with Gasteiger partial charge in [0.1, 0.15) is 11.6 Å². The van der Waals surface area contributed by atoms with Crippen LogP contribution in [0.1, 0.15) is 31.2 Å². The van der Waals surface area contributed by atoms with Crippen molar-refractivity contribution < 1.29 is 18.4 Å². The van der Waals surface area contributed by atoms with Crippen molar-refractivity contribution in [1.82, 2.24) is 5.32 Å². The first-order valence-electron chi connectivity index (χ1n) is 9.10. The molecule has 4 nitrogen and oxygen atoms in total. The van der Waals surface area contributed by atoms with Gasteiger partial charge in [-0.15, -0.1) is 0 Å². The summed E-state index contributed by atoms with van der Waals surface area (Å²) in [5.74, 6) is -1.17. The monoisotopic (exact) mass is 372 g/mol. The average Bonchev–Trinajstić information content (AvgIpc) is 2.67. The fraction of sp³-hybridized carbons (Fsp3) is 0.333. The van der Waals surface area contributed by atoms with Crippen molar-refractivity contribution in [3.63, 3.8) is 0 Å². The Morgan fingerprint density at radius 1 is 0.852 bits per heavy atom. The summed E-state index contributed by atoms with van der Waals surface area (Å²) in [4.78, 5) is 24.6. The maximum Gasteiger partial charge on any atom is 0.227 e. The molecule has 3 rings (SSSR count). The number of amides is 2. The minimum atomic E-state index is -0.394. The molecular formula is C21H22F2N2O2. The number of hydrogen-bond acceptors (Lipinski definition) is 2. The summed E-state index contributed by atoms with van der Waals surface area (Å²) in [6.45, 7) is 0.360. The fourth-order valence-electron chi connectivity index (χ4n) is 3.36. The number of rotatable bonds is 5. The van der Waals surface area contributed by atoms with Crippen molar-refractivity contribution in [2.75, 3.05) is 5.32 Å². The third kappa shape index (κ3) is 5.36. The summed E-state index contributed by atoms with van der Waals surface area (Å²) in [5, 5.41) is 5.61. The van der Waals surface area contributed by atoms with Crippen LogP contribution in [0.3, 0.4) is 0 Å². The van der Waals surface area contributed by atoms with Gasteiger partial charge in [-0.2, -0.15) is 0 Å². The van der Waals surface area contributed by atoms with Gasteiger partial charge in [0, 0.05) is 24.1 Å². The van der Waals surface area contributed by atoms with Gasteiger partial charge in [0.05, 0.1) is 0 Å². The maximum absolute atomic E-state index is 13.2. The summed E-state index contributed by atoms with van der Waals surface area (Å²) in [6, 6.07) is 11.8. The summed E-state index contributed by atoms with van der Waals surface area (Å²) in [6.07, 6.45) is 2.51. The Bertz CT molecular complexity index is 800. The van der Waals surface area contributed by atoms with Gasteiger partial charge in [-0.3, -0.25) is 9.59 Å². The molecule has 0 unspecified atom stereocenters. The van der Waals surface area contributed by atoms with E-state index < -0.39 is 5.82 Å². The van der Waals surface area contributed by atoms with Crippen LogP contribution in [0.15, 0.2) is 48.5 Å². The lowest BCUT2D eigenvalue weighted by Crippen LogP contribution is -2.35. The predicted molar refractivity (Wildman–Crippen MR) is 98.7 cm³/mol. The van der Waals surface area contributed by atoms with Gasteiger partial charge in [0.2, 0.25) is 11.8 Å². The molecule has 0 spiro atoms. The number of anilines is 1. The van der Waals surface area contributed by atoms with Crippen LogP contribution in [0.5, 0.6) is 0 Å². The van der Waals surface area contributed by atoms with Gasteiger partial charge in [0.15, 0.2) is 0 Å². The van der Waals surface area contributed by atoms with Crippen LogP contribution in [0.2, 0.25) is 0 Å². The van der Waals surface area contributed by atoms with Gasteiger partial charge < -0.3 is 10.6 Å². The van der Waals surface area contributed by atoms with E-state index >= 15 is 0 Å². The average molecular weight is 372 g/mol. The first kappa shape index (κ1) is 19.0. The highest BCUT2D eigenvalue weighted by Crippen LogP contribution is 2.30. The van der Waals surface area contributed by atoms with E-state index in [0.717, 1.165) is 5.56 Å². The number of carbonyl (C=O) groups excluding carboxylic acids is 2. The maximum atomic E-state index is 13.2. The molecule has 2 aromatic carbocycles. The summed E-state index contributed by atoms with van der Waals surface area (Å²) >= 11 is 0. The minimum absolute atomic E-state index is 0.0386. The Balaban J connectivity index is 1.44. The molecule has 0 bridgehead atoms. The van der Waals surface area contributed by atoms with Gasteiger partial charge >= 0.3 is 0 Å². The molecule has 0 saturated heterocycles. The lowest BCUT2D eigenvalue weighted by molar-refractivity contribution is -0.128. The largest absolute Gasteiger partial charge is 0.352 e. The highest BCUT2D eigenvalue weighted by Gasteiger charge is 2.29. The Morgan fingerprint density at radius 2 is 1.48 bits per heavy atom. The Labute approximate surface area is 157 Å². The second-order valence-electron chi connectivity index (χ2n) is 6.89. The molecule has 2 amide bonds. The third-order valence-electron chi connectivity index (χ3n) is 4.94. The van der Waals surface area contributed by atoms with E-state index in [9.17, 15) is 18.4 Å². The molecule has 2 aromatic rings. The smallest absolute Gasteiger partial charge is 0.227 e. The number of hydrogen-bond donors (Lipinski definition) is 2. The second kappa shape index (κ2) is 8.75. The van der Waals surface area contributed by atoms with Crippen LogP contribution in [0.4, 0.5) is 14.5 Å². The van der Waals surface area contributed by atoms with Crippen LogP contribution in [0, 0.1) is 23.5 Å². The van der Waals surface area contributed by atoms with E-state index in [4.69, 9.17) is 0 Å². The van der Waals surface area contributed by atoms with E-state index in [1.165, 1.54) is 24.3 Å². The molecular weight excluding hydrogens is 350 g/mol. The minimum Gasteiger partial charge on any atom is -0.352 e. The highest BCUT2D eigenvalue weighted by atomic mass is 19.1. The molecule has 1 saturated carbocycles. The number of nitrogens with one attached hydrogen (secondary N) is 2. The van der Waals surface area contributed by atoms with Crippen molar-refractivity contribution in [3.05, 3.63) is 65.7 Å². The van der Waals surface area contributed by atoms with E-state index in [2.05, 4.69) is 10.6 Å². The van der Waals surface area contributed by atoms with Crippen LogP contribution >= 0.6 is 0 Å². The molecule has 1 aliphatic carbocycles. The molecule has 0 heterocycles. The van der Waals surface area contributed by atoms with Crippen molar-refractivity contribution in [3.8, 4) is 0 Å². The normalized spacial score (nSPS) is 19.3. The molecule has 142 valence electrons. The predicted octanol–water partition coefficient (Wildman–Crippen LogP) is 4.03. The van der Waals surface area contributed by atoms with Crippen molar-refractivity contribution in [1.29, 1.82) is 0 Å². The number of carbonyl (C=O) groups is 2. The van der Waals surface area contributed by atoms with E-state index in [0.29, 0.717) is 37.9 Å². The second-order valence-corrected chi connectivity index (χ2v) is 6.89. The van der Waals surface area contributed by atoms with Crippen LogP contribution < -0.4 is 10.6 Å². The first-order chi connectivity index (χ1) is 13.0. The quantitative estimate of drug-likeness (QED) is 0.833. The standard InChI is InChI=1S/C21H22F2N2O2/c22-17-10-4-14(5-11-17)13-24-20(26)15-6-8-16(9-7-15)21(27)25-19-3-1-2-18(23)12-19/h1-5,10-12,15-16H,6-9,13H2,(H,24,26)(H,25,27). The topological polar surface area (TPSA) is 58.2 Å². The van der Waals surface area contributed by atoms with E-state index in [1.807, 2.05) is 0 Å². The van der Waals surface area contributed by atoms with Gasteiger partial charge in [0.25, 0.3) is 0 Å². The van der Waals surface area contributed by atoms with Crippen molar-refractivity contribution >= 4 is 17.5 Å². The van der Waals surface area contributed by atoms with Crippen LogP contribution in [-0.2, 0) is 16.1 Å². The molecule has 0 aliphatic heterocycles. The molecule has 6 heteroatoms. The van der Waals surface area contributed by atoms with Gasteiger partial charge in [-0.1, -0.05) is 18.2 Å². The summed E-state index contributed by atoms with van der Waals surface area (Å²) < 4.78 is 26.1. The SMILES string of the molecule is O=C(NCc1ccc(F)cc1)C1CCC(C(=O)Nc2cccc(F)c2)CC1. The van der Waals surface area contributed by atoms with E-state index in [1.54, 1.807) is 24.3 Å². The van der Waals surface area contributed by atoms with E-state index in [-0.39, 0.29) is 29.5 Å². The van der Waals surface area contributed by atoms with Crippen molar-refractivity contribution in [2.24, 2.45) is 11.8 Å². The molecule has 0 aromatic heterocycles. The molecule has 1 aliphatic rings. The summed E-state index contributed by atoms with van der Waals surface area (Å²) in [5.41, 5.74) is 1.28. The van der Waals surface area contributed by atoms with Crippen LogP contribution in [-0.4, -0.2) is 11.8 Å². The number of halogens is 2. The first-order valence-corrected chi connectivity index (χ1v) is 9.10. The third-order valence-corrected chi connectivity index (χ3v) is 4.94. The molecule has 0 atom stereocenters. The highest BCUT2D eigenvalue weighted by molar-refractivity contribution is 5.92. The molecule has 1 fully saturated rings. The molecule has 27 heavy (non-hydrogen) atoms. The van der Waals surface area contributed by atoms with Crippen LogP contribution in [0.25, 0.3) is 0 Å². The zero-order valence-electron chi connectivity index (χ0n) is 14.9. The summed E-state index contributed by atoms with van der Waals surface area (Å²) in [7, 11) is 0. The molecule has 0 radical (unpaired) electrons. The van der Waals surface area contributed by atoms with Gasteiger partial charge in [-0.05, 0) is 61.6 Å². The van der Waals surface area contributed by atoms with Crippen molar-refractivity contribution in [2.45, 2.75) is 32.2 Å². The fourth-order valence-corrected chi connectivity index (χ4v) is 3.36. The Kier molecular flexibility index (Phi) is 6.16. The zero-order valence-corrected chi connectivity index (χ0v) is 14.9. The zero-order chi connectivity index (χ0) is 19.2. The lowest BCUT2D eigenvalue weighted by Gasteiger charge is -2.27. The Morgan fingerprint density at radius 3 is 2.11 bits per heavy atom. The van der Waals surface area contributed by atoms with Gasteiger partial charge in [-0.25, -0.2) is 8.78 Å². The Hall–Kier alpha value is -2.76. The molecule has 2 N–H and O–H groups in total. The number of benzene rings is 2.